The van der Waals surface area contributed by atoms with Crippen molar-refractivity contribution >= 4 is 5.97 Å². The van der Waals surface area contributed by atoms with Gasteiger partial charge in [0.25, 0.3) is 0 Å². The number of carbonyl (C=O) groups excluding carboxylic acids is 1. The van der Waals surface area contributed by atoms with Gasteiger partial charge < -0.3 is 9.47 Å². The molecule has 0 unspecified atom stereocenters. The number of rotatable bonds is 4. The van der Waals surface area contributed by atoms with Crippen LogP contribution in [-0.4, -0.2) is 18.9 Å². The van der Waals surface area contributed by atoms with Crippen molar-refractivity contribution in [1.82, 2.24) is 0 Å². The second kappa shape index (κ2) is 5.23. The van der Waals surface area contributed by atoms with Crippen LogP contribution in [0.4, 0.5) is 0 Å². The van der Waals surface area contributed by atoms with E-state index in [4.69, 9.17) is 4.74 Å². The van der Waals surface area contributed by atoms with E-state index in [1.807, 2.05) is 13.8 Å². The maximum Gasteiger partial charge on any atom is 0.307 e. The summed E-state index contributed by atoms with van der Waals surface area (Å²) in [7, 11) is 0. The summed E-state index contributed by atoms with van der Waals surface area (Å²) in [5.74, 6) is -0.333. The Morgan fingerprint density at radius 2 is 2.20 bits per heavy atom. The van der Waals surface area contributed by atoms with Gasteiger partial charge in [-0.05, 0) is 20.8 Å². The lowest BCUT2D eigenvalue weighted by atomic mass is 10.5. The molecule has 0 N–H and O–H groups in total. The summed E-state index contributed by atoms with van der Waals surface area (Å²) < 4.78 is 9.52. The van der Waals surface area contributed by atoms with Gasteiger partial charge in [-0.25, -0.2) is 0 Å². The molecule has 0 atom stereocenters. The lowest BCUT2D eigenvalue weighted by molar-refractivity contribution is -0.158. The quantitative estimate of drug-likeness (QED) is 0.439. The zero-order valence-electron chi connectivity index (χ0n) is 6.42. The lowest BCUT2D eigenvalue weighted by Gasteiger charge is -2.06. The summed E-state index contributed by atoms with van der Waals surface area (Å²) in [4.78, 5) is 10.4. The first-order chi connectivity index (χ1) is 4.66. The van der Waals surface area contributed by atoms with Crippen LogP contribution in [0.3, 0.4) is 0 Å². The largest absolute Gasteiger partial charge is 0.438 e. The van der Waals surface area contributed by atoms with Crippen LogP contribution in [-0.2, 0) is 14.3 Å². The van der Waals surface area contributed by atoms with Crippen LogP contribution in [0.15, 0.2) is 0 Å². The second-order valence-electron chi connectivity index (χ2n) is 2.10. The molecule has 0 aliphatic heterocycles. The predicted octanol–water partition coefficient (Wildman–Crippen LogP) is 1.14. The van der Waals surface area contributed by atoms with Crippen molar-refractivity contribution in [2.75, 3.05) is 6.79 Å². The molecular weight excluding hydrogens is 132 g/mol. The van der Waals surface area contributed by atoms with Gasteiger partial charge in [0.1, 0.15) is 0 Å². The van der Waals surface area contributed by atoms with E-state index in [1.54, 1.807) is 0 Å². The minimum absolute atomic E-state index is 0.0337. The Bertz CT molecular complexity index is 99.0. The van der Waals surface area contributed by atoms with Crippen molar-refractivity contribution < 1.29 is 14.3 Å². The second-order valence-corrected chi connectivity index (χ2v) is 2.10. The van der Waals surface area contributed by atoms with Gasteiger partial charge in [-0.2, -0.15) is 0 Å². The van der Waals surface area contributed by atoms with Gasteiger partial charge >= 0.3 is 5.97 Å². The summed E-state index contributed by atoms with van der Waals surface area (Å²) in [6.45, 7) is 7.13. The van der Waals surface area contributed by atoms with E-state index in [9.17, 15) is 4.79 Å². The molecule has 0 aromatic carbocycles. The van der Waals surface area contributed by atoms with Gasteiger partial charge in [0, 0.05) is 6.42 Å². The summed E-state index contributed by atoms with van der Waals surface area (Å²) in [6, 6.07) is 0. The molecule has 0 aliphatic carbocycles. The fourth-order valence-electron chi connectivity index (χ4n) is 0.308. The van der Waals surface area contributed by atoms with Crippen LogP contribution < -0.4 is 0 Å². The first-order valence-corrected chi connectivity index (χ1v) is 3.23. The molecule has 0 aromatic rings. The molecule has 3 heteroatoms. The van der Waals surface area contributed by atoms with Gasteiger partial charge in [-0.15, -0.1) is 0 Å². The topological polar surface area (TPSA) is 35.5 Å². The molecule has 0 heterocycles. The van der Waals surface area contributed by atoms with E-state index in [0.29, 0.717) is 0 Å². The molecule has 59 valence electrons. The van der Waals surface area contributed by atoms with Crippen LogP contribution >= 0.6 is 0 Å². The van der Waals surface area contributed by atoms with Crippen molar-refractivity contribution in [3.63, 3.8) is 0 Å². The smallest absolute Gasteiger partial charge is 0.307 e. The Labute approximate surface area is 61.3 Å². The Kier molecular flexibility index (Phi) is 4.94. The highest BCUT2D eigenvalue weighted by atomic mass is 16.7. The minimum Gasteiger partial charge on any atom is -0.438 e. The van der Waals surface area contributed by atoms with Crippen molar-refractivity contribution in [3.8, 4) is 0 Å². The van der Waals surface area contributed by atoms with E-state index in [1.165, 1.54) is 0 Å². The Hall–Kier alpha value is -0.570. The fraction of sp³-hybridized carbons (Fsp3) is 0.714. The highest BCUT2D eigenvalue weighted by Gasteiger charge is 1.97. The Balaban J connectivity index is 3.12. The first kappa shape index (κ1) is 9.43. The summed E-state index contributed by atoms with van der Waals surface area (Å²) in [5, 5.41) is 0. The first-order valence-electron chi connectivity index (χ1n) is 3.23. The fourth-order valence-corrected chi connectivity index (χ4v) is 0.308. The molecule has 0 saturated heterocycles. The van der Waals surface area contributed by atoms with Crippen LogP contribution in [0.2, 0.25) is 0 Å². The molecule has 0 amide bonds. The summed E-state index contributed by atoms with van der Waals surface area (Å²) >= 11 is 0. The average Bonchev–Trinajstić information content (AvgIpc) is 1.87. The third-order valence-electron chi connectivity index (χ3n) is 0.825. The van der Waals surface area contributed by atoms with E-state index >= 15 is 0 Å². The van der Waals surface area contributed by atoms with Gasteiger partial charge in [0.05, 0.1) is 6.10 Å². The normalized spacial score (nSPS) is 10.0. The van der Waals surface area contributed by atoms with Crippen molar-refractivity contribution in [2.24, 2.45) is 0 Å². The van der Waals surface area contributed by atoms with Crippen molar-refractivity contribution in [3.05, 3.63) is 6.92 Å². The number of ether oxygens (including phenoxy) is 2. The molecule has 1 radical (unpaired) electrons. The predicted molar refractivity (Wildman–Crippen MR) is 37.2 cm³/mol. The number of esters is 1. The molecule has 0 spiro atoms. The average molecular weight is 145 g/mol. The Morgan fingerprint density at radius 1 is 1.60 bits per heavy atom. The van der Waals surface area contributed by atoms with E-state index in [2.05, 4.69) is 11.7 Å². The molecule has 0 fully saturated rings. The molecule has 0 aromatic heterocycles. The van der Waals surface area contributed by atoms with E-state index in [-0.39, 0.29) is 25.3 Å². The van der Waals surface area contributed by atoms with Crippen molar-refractivity contribution in [1.29, 1.82) is 0 Å². The minimum atomic E-state index is -0.333. The van der Waals surface area contributed by atoms with E-state index in [0.717, 1.165) is 0 Å². The van der Waals surface area contributed by atoms with Crippen LogP contribution in [0.5, 0.6) is 0 Å². The van der Waals surface area contributed by atoms with Crippen LogP contribution in [0.25, 0.3) is 0 Å². The van der Waals surface area contributed by atoms with Crippen LogP contribution in [0, 0.1) is 6.92 Å². The number of hydrogen-bond donors (Lipinski definition) is 0. The highest BCUT2D eigenvalue weighted by Crippen LogP contribution is 1.89. The summed E-state index contributed by atoms with van der Waals surface area (Å²) in [5.41, 5.74) is 0. The highest BCUT2D eigenvalue weighted by molar-refractivity contribution is 5.69. The summed E-state index contributed by atoms with van der Waals surface area (Å²) in [6.07, 6.45) is 0.249. The van der Waals surface area contributed by atoms with Gasteiger partial charge in [-0.3, -0.25) is 4.79 Å². The molecular formula is C7H13O3. The zero-order chi connectivity index (χ0) is 7.98. The van der Waals surface area contributed by atoms with Crippen LogP contribution in [0.1, 0.15) is 20.3 Å². The molecule has 3 nitrogen and oxygen atoms in total. The van der Waals surface area contributed by atoms with Crippen molar-refractivity contribution in [2.45, 2.75) is 26.4 Å². The number of hydrogen-bond acceptors (Lipinski definition) is 3. The van der Waals surface area contributed by atoms with Gasteiger partial charge in [0.2, 0.25) is 0 Å². The molecule has 0 rings (SSSR count). The number of carbonyl (C=O) groups is 1. The molecule has 0 aliphatic rings. The zero-order valence-corrected chi connectivity index (χ0v) is 6.42. The monoisotopic (exact) mass is 145 g/mol. The molecule has 10 heavy (non-hydrogen) atoms. The maximum atomic E-state index is 10.4. The molecule has 0 bridgehead atoms. The SMILES string of the molecule is [CH2]CC(=O)OCOC(C)C. The third kappa shape index (κ3) is 5.56. The lowest BCUT2D eigenvalue weighted by Crippen LogP contribution is -2.11. The standard InChI is InChI=1S/C7H13O3/c1-4-7(8)10-5-9-6(2)3/h6H,1,4-5H2,2-3H3. The van der Waals surface area contributed by atoms with E-state index < -0.39 is 0 Å². The molecule has 0 saturated carbocycles. The Morgan fingerprint density at radius 3 is 2.60 bits per heavy atom. The van der Waals surface area contributed by atoms with Gasteiger partial charge in [-0.1, -0.05) is 0 Å². The third-order valence-corrected chi connectivity index (χ3v) is 0.825. The maximum absolute atomic E-state index is 10.4. The van der Waals surface area contributed by atoms with Gasteiger partial charge in [0.15, 0.2) is 6.79 Å².